The summed E-state index contributed by atoms with van der Waals surface area (Å²) in [5.41, 5.74) is 0.533. The molecule has 0 heterocycles. The molecule has 0 aliphatic heterocycles. The summed E-state index contributed by atoms with van der Waals surface area (Å²) >= 11 is 0. The van der Waals surface area contributed by atoms with Gasteiger partial charge in [0.05, 0.1) is 5.92 Å². The number of hydrogen-bond acceptors (Lipinski definition) is 2. The molecule has 1 atom stereocenters. The van der Waals surface area contributed by atoms with Crippen molar-refractivity contribution >= 4 is 34.6 Å². The van der Waals surface area contributed by atoms with Gasteiger partial charge in [-0.3, -0.25) is 9.59 Å². The summed E-state index contributed by atoms with van der Waals surface area (Å²) in [6.07, 6.45) is -5.18. The highest BCUT2D eigenvalue weighted by atomic mass is 24.3. The van der Waals surface area contributed by atoms with Crippen molar-refractivity contribution in [3.8, 4) is 0 Å². The predicted octanol–water partition coefficient (Wildman–Crippen LogP) is 1.65. The van der Waals surface area contributed by atoms with Gasteiger partial charge in [0.15, 0.2) is 0 Å². The molecule has 0 aliphatic rings. The number of ketones is 2. The van der Waals surface area contributed by atoms with Crippen molar-refractivity contribution in [2.24, 2.45) is 5.92 Å². The standard InChI is InChI=1S/C12H11F3O2.Mg.2H/c1-8(16)10(11(17)12(13,14)15)7-9-5-3-2-4-6-9;;;/h2-6,10H,7H2,1H3;;;. The summed E-state index contributed by atoms with van der Waals surface area (Å²) in [5.74, 6) is -4.39. The molecular formula is C12H13F3MgO2. The van der Waals surface area contributed by atoms with E-state index in [2.05, 4.69) is 0 Å². The van der Waals surface area contributed by atoms with Crippen molar-refractivity contribution in [1.82, 2.24) is 0 Å². The van der Waals surface area contributed by atoms with Crippen LogP contribution in [0, 0.1) is 5.92 Å². The van der Waals surface area contributed by atoms with Gasteiger partial charge in [0.2, 0.25) is 5.78 Å². The summed E-state index contributed by atoms with van der Waals surface area (Å²) in [5, 5.41) is 0. The third-order valence-electron chi connectivity index (χ3n) is 2.37. The second-order valence-corrected chi connectivity index (χ2v) is 3.71. The zero-order chi connectivity index (χ0) is 13.1. The van der Waals surface area contributed by atoms with Gasteiger partial charge >= 0.3 is 29.2 Å². The maximum atomic E-state index is 12.3. The number of carbonyl (C=O) groups is 2. The highest BCUT2D eigenvalue weighted by molar-refractivity contribution is 6.04. The number of hydrogen-bond donors (Lipinski definition) is 0. The van der Waals surface area contributed by atoms with Crippen molar-refractivity contribution in [3.05, 3.63) is 35.9 Å². The largest absolute Gasteiger partial charge is 0.450 e. The summed E-state index contributed by atoms with van der Waals surface area (Å²) < 4.78 is 36.8. The van der Waals surface area contributed by atoms with Crippen molar-refractivity contribution in [3.63, 3.8) is 0 Å². The topological polar surface area (TPSA) is 34.1 Å². The van der Waals surface area contributed by atoms with Crippen LogP contribution in [0.4, 0.5) is 13.2 Å². The molecule has 0 N–H and O–H groups in total. The Morgan fingerprint density at radius 3 is 2.06 bits per heavy atom. The quantitative estimate of drug-likeness (QED) is 0.616. The van der Waals surface area contributed by atoms with Crippen LogP contribution in [0.3, 0.4) is 0 Å². The Labute approximate surface area is 119 Å². The minimum atomic E-state index is -4.97. The molecule has 0 radical (unpaired) electrons. The van der Waals surface area contributed by atoms with Gasteiger partial charge in [-0.15, -0.1) is 0 Å². The van der Waals surface area contributed by atoms with Crippen molar-refractivity contribution < 1.29 is 22.8 Å². The van der Waals surface area contributed by atoms with Crippen molar-refractivity contribution in [2.45, 2.75) is 19.5 Å². The lowest BCUT2D eigenvalue weighted by atomic mass is 9.91. The first-order valence-corrected chi connectivity index (χ1v) is 4.98. The third kappa shape index (κ3) is 4.77. The number of alkyl halides is 3. The Hall–Kier alpha value is -0.884. The van der Waals surface area contributed by atoms with E-state index in [-0.39, 0.29) is 29.5 Å². The first-order chi connectivity index (χ1) is 7.82. The maximum absolute atomic E-state index is 12.3. The van der Waals surface area contributed by atoms with Crippen LogP contribution in [0.1, 0.15) is 12.5 Å². The summed E-state index contributed by atoms with van der Waals surface area (Å²) in [4.78, 5) is 22.2. The summed E-state index contributed by atoms with van der Waals surface area (Å²) in [7, 11) is 0. The lowest BCUT2D eigenvalue weighted by Gasteiger charge is -2.14. The molecule has 0 bridgehead atoms. The normalized spacial score (nSPS) is 12.4. The molecule has 2 nitrogen and oxygen atoms in total. The SMILES string of the molecule is CC(=O)C(Cc1ccccc1)C(=O)C(F)(F)F.[MgH2]. The zero-order valence-corrected chi connectivity index (χ0v) is 9.12. The Morgan fingerprint density at radius 1 is 1.17 bits per heavy atom. The fourth-order valence-electron chi connectivity index (χ4n) is 1.47. The molecule has 0 amide bonds. The highest BCUT2D eigenvalue weighted by Crippen LogP contribution is 2.24. The van der Waals surface area contributed by atoms with Crippen LogP contribution in [0.25, 0.3) is 0 Å². The molecule has 1 aromatic rings. The van der Waals surface area contributed by atoms with Crippen LogP contribution >= 0.6 is 0 Å². The Balaban J connectivity index is 0.00000289. The average molecular weight is 271 g/mol. The van der Waals surface area contributed by atoms with Gasteiger partial charge in [-0.05, 0) is 18.9 Å². The van der Waals surface area contributed by atoms with E-state index in [9.17, 15) is 22.8 Å². The second-order valence-electron chi connectivity index (χ2n) is 3.71. The van der Waals surface area contributed by atoms with E-state index >= 15 is 0 Å². The number of carbonyl (C=O) groups excluding carboxylic acids is 2. The molecule has 18 heavy (non-hydrogen) atoms. The predicted molar refractivity (Wildman–Crippen MR) is 63.9 cm³/mol. The minimum absolute atomic E-state index is 0. The average Bonchev–Trinajstić information content (AvgIpc) is 2.24. The zero-order valence-electron chi connectivity index (χ0n) is 9.12. The fraction of sp³-hybridized carbons (Fsp3) is 0.333. The first kappa shape index (κ1) is 17.1. The lowest BCUT2D eigenvalue weighted by molar-refractivity contribution is -0.176. The minimum Gasteiger partial charge on any atom is -0.299 e. The molecule has 6 heteroatoms. The molecule has 0 fully saturated rings. The first-order valence-electron chi connectivity index (χ1n) is 4.98. The van der Waals surface area contributed by atoms with E-state index in [0.29, 0.717) is 5.56 Å². The molecule has 0 spiro atoms. The Kier molecular flexibility index (Phi) is 6.55. The van der Waals surface area contributed by atoms with Crippen molar-refractivity contribution in [1.29, 1.82) is 0 Å². The van der Waals surface area contributed by atoms with Crippen LogP contribution in [0.2, 0.25) is 0 Å². The summed E-state index contributed by atoms with van der Waals surface area (Å²) in [6.45, 7) is 0.997. The molecule has 0 aliphatic carbocycles. The van der Waals surface area contributed by atoms with E-state index in [0.717, 1.165) is 6.92 Å². The number of rotatable bonds is 4. The fourth-order valence-corrected chi connectivity index (χ4v) is 1.47. The number of benzene rings is 1. The Morgan fingerprint density at radius 2 is 1.67 bits per heavy atom. The van der Waals surface area contributed by atoms with E-state index in [1.807, 2.05) is 0 Å². The highest BCUT2D eigenvalue weighted by Gasteiger charge is 2.44. The van der Waals surface area contributed by atoms with Gasteiger partial charge in [0, 0.05) is 0 Å². The van der Waals surface area contributed by atoms with E-state index in [4.69, 9.17) is 0 Å². The van der Waals surface area contributed by atoms with Gasteiger partial charge in [0.1, 0.15) is 5.78 Å². The Bertz CT molecular complexity index is 415. The second kappa shape index (κ2) is 6.89. The molecule has 96 valence electrons. The van der Waals surface area contributed by atoms with Crippen LogP contribution in [0.15, 0.2) is 30.3 Å². The summed E-state index contributed by atoms with van der Waals surface area (Å²) in [6, 6.07) is 8.16. The molecule has 1 aromatic carbocycles. The van der Waals surface area contributed by atoms with Crippen LogP contribution in [-0.2, 0) is 16.0 Å². The van der Waals surface area contributed by atoms with Crippen molar-refractivity contribution in [2.75, 3.05) is 0 Å². The van der Waals surface area contributed by atoms with Crippen LogP contribution in [-0.4, -0.2) is 40.8 Å². The monoisotopic (exact) mass is 270 g/mol. The van der Waals surface area contributed by atoms with Crippen LogP contribution in [0.5, 0.6) is 0 Å². The van der Waals surface area contributed by atoms with Gasteiger partial charge in [-0.1, -0.05) is 30.3 Å². The van der Waals surface area contributed by atoms with E-state index < -0.39 is 23.7 Å². The molecule has 0 saturated carbocycles. The van der Waals surface area contributed by atoms with E-state index in [1.54, 1.807) is 30.3 Å². The van der Waals surface area contributed by atoms with Crippen LogP contribution < -0.4 is 0 Å². The molecule has 0 aromatic heterocycles. The number of halogens is 3. The third-order valence-corrected chi connectivity index (χ3v) is 2.37. The van der Waals surface area contributed by atoms with E-state index in [1.165, 1.54) is 0 Å². The molecule has 1 unspecified atom stereocenters. The number of Topliss-reactive ketones (excluding diaryl/α,β-unsaturated/α-hetero) is 2. The molecular weight excluding hydrogens is 257 g/mol. The van der Waals surface area contributed by atoms with Gasteiger partial charge in [-0.2, -0.15) is 13.2 Å². The van der Waals surface area contributed by atoms with Gasteiger partial charge in [-0.25, -0.2) is 0 Å². The van der Waals surface area contributed by atoms with Gasteiger partial charge in [0.25, 0.3) is 0 Å². The lowest BCUT2D eigenvalue weighted by Crippen LogP contribution is -2.35. The van der Waals surface area contributed by atoms with Gasteiger partial charge < -0.3 is 0 Å². The smallest absolute Gasteiger partial charge is 0.299 e. The molecule has 0 saturated heterocycles. The molecule has 1 rings (SSSR count). The maximum Gasteiger partial charge on any atom is 0.450 e.